The first kappa shape index (κ1) is 22.2. The Hall–Kier alpha value is -3.52. The predicted octanol–water partition coefficient (Wildman–Crippen LogP) is 4.77. The Morgan fingerprint density at radius 2 is 1.68 bits per heavy atom. The van der Waals surface area contributed by atoms with Gasteiger partial charge >= 0.3 is 5.97 Å². The molecule has 0 amide bonds. The van der Waals surface area contributed by atoms with E-state index in [4.69, 9.17) is 15.2 Å². The van der Waals surface area contributed by atoms with Crippen molar-refractivity contribution >= 4 is 5.97 Å². The Morgan fingerprint density at radius 1 is 1.03 bits per heavy atom. The number of hydrogen-bond acceptors (Lipinski definition) is 5. The fraction of sp³-hybridized carbons (Fsp3) is 0.217. The number of carbonyl (C=O) groups is 1. The molecule has 1 heterocycles. The summed E-state index contributed by atoms with van der Waals surface area (Å²) in [6, 6.07) is 15.0. The number of pyridine rings is 1. The maximum Gasteiger partial charge on any atom is 0.345 e. The summed E-state index contributed by atoms with van der Waals surface area (Å²) >= 11 is 0. The lowest BCUT2D eigenvalue weighted by atomic mass is 10.0. The average molecular weight is 428 g/mol. The number of benzene rings is 2. The highest BCUT2D eigenvalue weighted by Crippen LogP contribution is 2.31. The Labute approximate surface area is 178 Å². The molecule has 0 spiro atoms. The zero-order valence-corrected chi connectivity index (χ0v) is 17.0. The summed E-state index contributed by atoms with van der Waals surface area (Å²) in [4.78, 5) is 15.1. The number of halogens is 2. The molecular formula is C23H22F2N2O4. The topological polar surface area (TPSA) is 94.7 Å². The van der Waals surface area contributed by atoms with Crippen molar-refractivity contribution in [3.8, 4) is 28.6 Å². The fourth-order valence-corrected chi connectivity index (χ4v) is 2.91. The third-order valence-electron chi connectivity index (χ3n) is 4.50. The predicted molar refractivity (Wildman–Crippen MR) is 111 cm³/mol. The zero-order valence-electron chi connectivity index (χ0n) is 17.0. The SMILES string of the molecule is CC(C)[C@H](Oc1nc(Oc2cccc(-c3cccc(CN)c3)c2)c(F)cc1F)C(=O)O. The number of nitrogens with zero attached hydrogens (tertiary/aromatic N) is 1. The summed E-state index contributed by atoms with van der Waals surface area (Å²) in [6.07, 6.45) is -1.35. The lowest BCUT2D eigenvalue weighted by Crippen LogP contribution is -2.32. The second-order valence-corrected chi connectivity index (χ2v) is 7.22. The molecule has 0 aliphatic carbocycles. The van der Waals surface area contributed by atoms with Crippen molar-refractivity contribution in [3.05, 3.63) is 71.8 Å². The van der Waals surface area contributed by atoms with Gasteiger partial charge in [0, 0.05) is 18.5 Å². The summed E-state index contributed by atoms with van der Waals surface area (Å²) in [5, 5.41) is 9.24. The van der Waals surface area contributed by atoms with Crippen molar-refractivity contribution in [2.45, 2.75) is 26.5 Å². The number of rotatable bonds is 8. The standard InChI is InChI=1S/C23H22F2N2O4/c1-13(2)20(23(28)29)31-22-19(25)11-18(24)21(27-22)30-17-8-4-7-16(10-17)15-6-3-5-14(9-15)12-26/h3-11,13,20H,12,26H2,1-2H3,(H,28,29)/t20-/m0/s1. The van der Waals surface area contributed by atoms with E-state index in [1.54, 1.807) is 32.0 Å². The van der Waals surface area contributed by atoms with Gasteiger partial charge in [0.05, 0.1) is 0 Å². The van der Waals surface area contributed by atoms with Crippen LogP contribution in [-0.2, 0) is 11.3 Å². The molecule has 0 radical (unpaired) electrons. The van der Waals surface area contributed by atoms with Crippen LogP contribution in [0.1, 0.15) is 19.4 Å². The highest BCUT2D eigenvalue weighted by Gasteiger charge is 2.26. The molecule has 1 aromatic heterocycles. The molecule has 3 rings (SSSR count). The molecular weight excluding hydrogens is 406 g/mol. The molecule has 8 heteroatoms. The minimum absolute atomic E-state index is 0.262. The molecule has 31 heavy (non-hydrogen) atoms. The van der Waals surface area contributed by atoms with Crippen LogP contribution in [-0.4, -0.2) is 22.2 Å². The van der Waals surface area contributed by atoms with Gasteiger partial charge in [-0.2, -0.15) is 4.98 Å². The molecule has 2 aromatic carbocycles. The van der Waals surface area contributed by atoms with E-state index in [-0.39, 0.29) is 5.75 Å². The maximum atomic E-state index is 14.3. The van der Waals surface area contributed by atoms with E-state index in [1.165, 1.54) is 0 Å². The third-order valence-corrected chi connectivity index (χ3v) is 4.50. The third kappa shape index (κ3) is 5.35. The van der Waals surface area contributed by atoms with Crippen molar-refractivity contribution in [1.29, 1.82) is 0 Å². The van der Waals surface area contributed by atoms with Crippen molar-refractivity contribution in [2.24, 2.45) is 11.7 Å². The molecule has 3 aromatic rings. The first-order valence-corrected chi connectivity index (χ1v) is 9.61. The van der Waals surface area contributed by atoms with E-state index < -0.39 is 41.4 Å². The molecule has 0 aliphatic heterocycles. The molecule has 162 valence electrons. The van der Waals surface area contributed by atoms with Gasteiger partial charge in [0.1, 0.15) is 5.75 Å². The smallest absolute Gasteiger partial charge is 0.345 e. The first-order valence-electron chi connectivity index (χ1n) is 9.61. The van der Waals surface area contributed by atoms with Crippen LogP contribution in [0.25, 0.3) is 11.1 Å². The highest BCUT2D eigenvalue weighted by atomic mass is 19.1. The maximum absolute atomic E-state index is 14.3. The molecule has 0 unspecified atom stereocenters. The monoisotopic (exact) mass is 428 g/mol. The Kier molecular flexibility index (Phi) is 6.81. The quantitative estimate of drug-likeness (QED) is 0.537. The Morgan fingerprint density at radius 3 is 2.32 bits per heavy atom. The van der Waals surface area contributed by atoms with Crippen molar-refractivity contribution in [2.75, 3.05) is 0 Å². The van der Waals surface area contributed by atoms with Gasteiger partial charge in [0.25, 0.3) is 11.8 Å². The average Bonchev–Trinajstić information content (AvgIpc) is 2.74. The molecule has 3 N–H and O–H groups in total. The zero-order chi connectivity index (χ0) is 22.5. The van der Waals surface area contributed by atoms with Gasteiger partial charge in [-0.25, -0.2) is 13.6 Å². The number of aromatic nitrogens is 1. The van der Waals surface area contributed by atoms with Gasteiger partial charge in [-0.3, -0.25) is 0 Å². The number of ether oxygens (including phenoxy) is 2. The number of carboxylic acids is 1. The summed E-state index contributed by atoms with van der Waals surface area (Å²) < 4.78 is 39.1. The minimum atomic E-state index is -1.35. The van der Waals surface area contributed by atoms with Crippen LogP contribution in [0.15, 0.2) is 54.6 Å². The second-order valence-electron chi connectivity index (χ2n) is 7.22. The molecule has 1 atom stereocenters. The Balaban J connectivity index is 1.89. The van der Waals surface area contributed by atoms with Crippen LogP contribution in [0.5, 0.6) is 17.5 Å². The number of carboxylic acid groups (broad SMARTS) is 1. The van der Waals surface area contributed by atoms with E-state index >= 15 is 0 Å². The molecule has 0 saturated heterocycles. The molecule has 0 fully saturated rings. The largest absolute Gasteiger partial charge is 0.478 e. The van der Waals surface area contributed by atoms with Crippen LogP contribution in [0.2, 0.25) is 0 Å². The van der Waals surface area contributed by atoms with E-state index in [2.05, 4.69) is 4.98 Å². The summed E-state index contributed by atoms with van der Waals surface area (Å²) in [5.41, 5.74) is 8.34. The second kappa shape index (κ2) is 9.53. The van der Waals surface area contributed by atoms with Gasteiger partial charge in [0.2, 0.25) is 0 Å². The lowest BCUT2D eigenvalue weighted by Gasteiger charge is -2.18. The molecule has 0 bridgehead atoms. The van der Waals surface area contributed by atoms with Gasteiger partial charge in [-0.1, -0.05) is 44.2 Å². The van der Waals surface area contributed by atoms with E-state index in [9.17, 15) is 18.7 Å². The molecule has 6 nitrogen and oxygen atoms in total. The number of aliphatic carboxylic acids is 1. The normalized spacial score (nSPS) is 11.9. The van der Waals surface area contributed by atoms with E-state index in [0.717, 1.165) is 16.7 Å². The van der Waals surface area contributed by atoms with Crippen LogP contribution in [0.3, 0.4) is 0 Å². The van der Waals surface area contributed by atoms with Gasteiger partial charge in [0.15, 0.2) is 17.7 Å². The first-order chi connectivity index (χ1) is 14.8. The number of hydrogen-bond donors (Lipinski definition) is 2. The van der Waals surface area contributed by atoms with E-state index in [1.807, 2.05) is 30.3 Å². The summed E-state index contributed by atoms with van der Waals surface area (Å²) in [7, 11) is 0. The highest BCUT2D eigenvalue weighted by molar-refractivity contribution is 5.73. The van der Waals surface area contributed by atoms with E-state index in [0.29, 0.717) is 12.6 Å². The molecule has 0 saturated carbocycles. The Bertz CT molecular complexity index is 1090. The summed E-state index contributed by atoms with van der Waals surface area (Å²) in [5.74, 6) is -4.83. The van der Waals surface area contributed by atoms with Crippen molar-refractivity contribution in [1.82, 2.24) is 4.98 Å². The van der Waals surface area contributed by atoms with Gasteiger partial charge in [-0.15, -0.1) is 0 Å². The lowest BCUT2D eigenvalue weighted by molar-refractivity contribution is -0.147. The van der Waals surface area contributed by atoms with Crippen LogP contribution in [0.4, 0.5) is 8.78 Å². The van der Waals surface area contributed by atoms with Crippen LogP contribution < -0.4 is 15.2 Å². The molecule has 0 aliphatic rings. The van der Waals surface area contributed by atoms with Crippen LogP contribution >= 0.6 is 0 Å². The fourth-order valence-electron chi connectivity index (χ4n) is 2.91. The van der Waals surface area contributed by atoms with Gasteiger partial charge in [-0.05, 0) is 34.9 Å². The number of nitrogens with two attached hydrogens (primary N) is 1. The minimum Gasteiger partial charge on any atom is -0.478 e. The summed E-state index contributed by atoms with van der Waals surface area (Å²) in [6.45, 7) is 3.59. The van der Waals surface area contributed by atoms with Crippen LogP contribution in [0, 0.1) is 17.6 Å². The van der Waals surface area contributed by atoms with Gasteiger partial charge < -0.3 is 20.3 Å². The van der Waals surface area contributed by atoms with Crippen molar-refractivity contribution in [3.63, 3.8) is 0 Å². The van der Waals surface area contributed by atoms with Crippen molar-refractivity contribution < 1.29 is 28.2 Å².